The minimum Gasteiger partial charge on any atom is -0.357 e. The number of rotatable bonds is 5. The maximum atomic E-state index is 12.8. The summed E-state index contributed by atoms with van der Waals surface area (Å²) in [6, 6.07) is 5.74. The predicted molar refractivity (Wildman–Crippen MR) is 67.2 cm³/mol. The van der Waals surface area contributed by atoms with Crippen molar-refractivity contribution < 1.29 is 18.9 Å². The van der Waals surface area contributed by atoms with Crippen molar-refractivity contribution in [2.75, 3.05) is 13.1 Å². The Labute approximate surface area is 111 Å². The van der Waals surface area contributed by atoms with Gasteiger partial charge in [-0.3, -0.25) is 0 Å². The van der Waals surface area contributed by atoms with E-state index in [4.69, 9.17) is 0 Å². The molecule has 2 rings (SSSR count). The van der Waals surface area contributed by atoms with Crippen LogP contribution in [0.25, 0.3) is 0 Å². The zero-order valence-corrected chi connectivity index (χ0v) is 10.9. The topological polar surface area (TPSA) is 39.7 Å². The molecule has 0 aliphatic heterocycles. The first-order chi connectivity index (χ1) is 8.97. The van der Waals surface area contributed by atoms with Gasteiger partial charge in [-0.1, -0.05) is 24.6 Å². The molecule has 1 fully saturated rings. The largest absolute Gasteiger partial charge is 0.416 e. The number of alkyl halides is 3. The molecule has 0 atom stereocenters. The summed E-state index contributed by atoms with van der Waals surface area (Å²) in [6.07, 6.45) is -0.816. The van der Waals surface area contributed by atoms with Crippen molar-refractivity contribution in [1.82, 2.24) is 5.32 Å². The lowest BCUT2D eigenvalue weighted by molar-refractivity contribution is -0.398. The zero-order valence-electron chi connectivity index (χ0n) is 10.9. The molecule has 0 spiro atoms. The van der Waals surface area contributed by atoms with Crippen LogP contribution in [0.1, 0.15) is 30.4 Å². The van der Waals surface area contributed by atoms with Crippen molar-refractivity contribution in [3.05, 3.63) is 35.4 Å². The van der Waals surface area contributed by atoms with Crippen LogP contribution in [0.3, 0.4) is 0 Å². The van der Waals surface area contributed by atoms with E-state index in [1.54, 1.807) is 6.07 Å². The van der Waals surface area contributed by atoms with Crippen LogP contribution in [0, 0.1) is 5.41 Å². The maximum absolute atomic E-state index is 12.8. The van der Waals surface area contributed by atoms with Gasteiger partial charge in [0.2, 0.25) is 0 Å². The highest BCUT2D eigenvalue weighted by Gasteiger charge is 2.37. The Balaban J connectivity index is 1.96. The second-order valence-corrected chi connectivity index (χ2v) is 5.36. The fourth-order valence-corrected chi connectivity index (χ4v) is 2.61. The minimum absolute atomic E-state index is 0.215. The van der Waals surface area contributed by atoms with E-state index in [1.807, 2.05) is 0 Å². The average Bonchev–Trinajstić information content (AvgIpc) is 2.32. The number of benzene rings is 1. The van der Waals surface area contributed by atoms with Gasteiger partial charge in [-0.2, -0.15) is 13.2 Å². The molecule has 1 saturated carbocycles. The monoisotopic (exact) mass is 273 g/mol. The standard InChI is InChI=1S/C14H19F3N2/c15-14(16,17)12-5-2-1-4-11(12)8-19-10-13(9-18)6-3-7-13/h1-2,4-5,19H,3,6-10,18H2/p+1. The van der Waals surface area contributed by atoms with E-state index >= 15 is 0 Å². The molecule has 0 saturated heterocycles. The van der Waals surface area contributed by atoms with Crippen LogP contribution in [-0.4, -0.2) is 13.1 Å². The average molecular weight is 273 g/mol. The predicted octanol–water partition coefficient (Wildman–Crippen LogP) is 2.21. The molecule has 5 heteroatoms. The van der Waals surface area contributed by atoms with E-state index in [2.05, 4.69) is 11.1 Å². The SMILES string of the molecule is [NH3+]CC1(CNCc2ccccc2C(F)(F)F)CCC1. The first-order valence-electron chi connectivity index (χ1n) is 6.62. The molecule has 1 aromatic carbocycles. The van der Waals surface area contributed by atoms with Crippen LogP contribution >= 0.6 is 0 Å². The number of halogens is 3. The molecule has 19 heavy (non-hydrogen) atoms. The molecule has 1 aromatic rings. The second-order valence-electron chi connectivity index (χ2n) is 5.36. The van der Waals surface area contributed by atoms with Crippen LogP contribution < -0.4 is 11.1 Å². The van der Waals surface area contributed by atoms with Gasteiger partial charge < -0.3 is 11.1 Å². The highest BCUT2D eigenvalue weighted by atomic mass is 19.4. The fraction of sp³-hybridized carbons (Fsp3) is 0.571. The van der Waals surface area contributed by atoms with Gasteiger partial charge >= 0.3 is 6.18 Å². The molecule has 0 aromatic heterocycles. The second kappa shape index (κ2) is 5.51. The maximum Gasteiger partial charge on any atom is 0.416 e. The van der Waals surface area contributed by atoms with Crippen molar-refractivity contribution in [2.45, 2.75) is 32.0 Å². The van der Waals surface area contributed by atoms with Gasteiger partial charge in [-0.25, -0.2) is 0 Å². The van der Waals surface area contributed by atoms with E-state index < -0.39 is 11.7 Å². The number of hydrogen-bond donors (Lipinski definition) is 2. The Hall–Kier alpha value is -1.07. The van der Waals surface area contributed by atoms with Crippen LogP contribution in [0.15, 0.2) is 24.3 Å². The molecule has 1 aliphatic carbocycles. The molecular formula is C14H20F3N2+. The molecule has 0 amide bonds. The first-order valence-corrected chi connectivity index (χ1v) is 6.62. The van der Waals surface area contributed by atoms with Crippen LogP contribution in [-0.2, 0) is 12.7 Å². The molecule has 0 radical (unpaired) electrons. The van der Waals surface area contributed by atoms with Gasteiger partial charge in [0.25, 0.3) is 0 Å². The normalized spacial score (nSPS) is 18.1. The summed E-state index contributed by atoms with van der Waals surface area (Å²) in [5.41, 5.74) is 3.93. The van der Waals surface area contributed by atoms with E-state index in [9.17, 15) is 13.2 Å². The molecular weight excluding hydrogens is 253 g/mol. The molecule has 0 unspecified atom stereocenters. The van der Waals surface area contributed by atoms with Crippen molar-refractivity contribution in [3.63, 3.8) is 0 Å². The summed E-state index contributed by atoms with van der Waals surface area (Å²) in [5.74, 6) is 0. The summed E-state index contributed by atoms with van der Waals surface area (Å²) < 4.78 is 38.4. The Morgan fingerprint density at radius 1 is 1.21 bits per heavy atom. The van der Waals surface area contributed by atoms with E-state index in [0.29, 0.717) is 5.56 Å². The molecule has 106 valence electrons. The number of hydrogen-bond acceptors (Lipinski definition) is 1. The number of nitrogens with one attached hydrogen (secondary N) is 1. The fourth-order valence-electron chi connectivity index (χ4n) is 2.61. The summed E-state index contributed by atoms with van der Waals surface area (Å²) >= 11 is 0. The summed E-state index contributed by atoms with van der Waals surface area (Å²) in [6.45, 7) is 1.86. The molecule has 2 nitrogen and oxygen atoms in total. The summed E-state index contributed by atoms with van der Waals surface area (Å²) in [7, 11) is 0. The van der Waals surface area contributed by atoms with E-state index in [0.717, 1.165) is 32.0 Å². The lowest BCUT2D eigenvalue weighted by atomic mass is 9.69. The lowest BCUT2D eigenvalue weighted by Crippen LogP contribution is -2.62. The Morgan fingerprint density at radius 2 is 1.89 bits per heavy atom. The summed E-state index contributed by atoms with van der Waals surface area (Å²) in [4.78, 5) is 0. The molecule has 0 bridgehead atoms. The van der Waals surface area contributed by atoms with Crippen molar-refractivity contribution >= 4 is 0 Å². The van der Waals surface area contributed by atoms with Crippen molar-refractivity contribution in [1.29, 1.82) is 0 Å². The van der Waals surface area contributed by atoms with E-state index in [1.165, 1.54) is 18.6 Å². The highest BCUT2D eigenvalue weighted by molar-refractivity contribution is 5.29. The van der Waals surface area contributed by atoms with E-state index in [-0.39, 0.29) is 12.0 Å². The third-order valence-corrected chi connectivity index (χ3v) is 4.08. The van der Waals surface area contributed by atoms with Gasteiger partial charge in [0.15, 0.2) is 0 Å². The first kappa shape index (κ1) is 14.3. The Morgan fingerprint density at radius 3 is 2.42 bits per heavy atom. The van der Waals surface area contributed by atoms with Gasteiger partial charge in [0.1, 0.15) is 0 Å². The smallest absolute Gasteiger partial charge is 0.357 e. The zero-order chi connectivity index (χ0) is 13.9. The Bertz CT molecular complexity index is 419. The molecule has 1 aliphatic rings. The van der Waals surface area contributed by atoms with Crippen LogP contribution in [0.5, 0.6) is 0 Å². The third kappa shape index (κ3) is 3.28. The van der Waals surface area contributed by atoms with Crippen LogP contribution in [0.4, 0.5) is 13.2 Å². The van der Waals surface area contributed by atoms with Crippen molar-refractivity contribution in [2.24, 2.45) is 5.41 Å². The van der Waals surface area contributed by atoms with Crippen molar-refractivity contribution in [3.8, 4) is 0 Å². The Kier molecular flexibility index (Phi) is 4.16. The third-order valence-electron chi connectivity index (χ3n) is 4.08. The quantitative estimate of drug-likeness (QED) is 0.848. The number of quaternary nitrogens is 1. The van der Waals surface area contributed by atoms with Gasteiger partial charge in [-0.15, -0.1) is 0 Å². The van der Waals surface area contributed by atoms with Gasteiger partial charge in [0, 0.05) is 18.5 Å². The highest BCUT2D eigenvalue weighted by Crippen LogP contribution is 2.39. The van der Waals surface area contributed by atoms with Gasteiger partial charge in [-0.05, 0) is 24.5 Å². The molecule has 4 N–H and O–H groups in total. The molecule has 0 heterocycles. The lowest BCUT2D eigenvalue weighted by Gasteiger charge is -2.39. The summed E-state index contributed by atoms with van der Waals surface area (Å²) in [5, 5.41) is 3.17. The van der Waals surface area contributed by atoms with Crippen LogP contribution in [0.2, 0.25) is 0 Å². The van der Waals surface area contributed by atoms with Gasteiger partial charge in [0.05, 0.1) is 12.1 Å². The minimum atomic E-state index is -4.28.